The minimum absolute atomic E-state index is 0.179. The van der Waals surface area contributed by atoms with E-state index in [9.17, 15) is 4.79 Å². The molecule has 0 aliphatic heterocycles. The molecular weight excluding hydrogens is 388 g/mol. The molecule has 0 atom stereocenters. The Kier molecular flexibility index (Phi) is 7.82. The number of hydrogen-bond donors (Lipinski definition) is 3. The highest BCUT2D eigenvalue weighted by Gasteiger charge is 2.17. The van der Waals surface area contributed by atoms with E-state index in [4.69, 9.17) is 10.5 Å². The highest BCUT2D eigenvalue weighted by molar-refractivity contribution is 6.01. The van der Waals surface area contributed by atoms with Crippen molar-refractivity contribution in [1.82, 2.24) is 9.88 Å². The normalized spacial score (nSPS) is 10.9. The zero-order chi connectivity index (χ0) is 22.2. The van der Waals surface area contributed by atoms with Crippen molar-refractivity contribution in [3.8, 4) is 17.0 Å². The van der Waals surface area contributed by atoms with E-state index >= 15 is 0 Å². The van der Waals surface area contributed by atoms with Crippen LogP contribution in [-0.4, -0.2) is 23.7 Å². The highest BCUT2D eigenvalue weighted by atomic mass is 16.5. The van der Waals surface area contributed by atoms with Crippen LogP contribution in [0.25, 0.3) is 22.2 Å². The van der Waals surface area contributed by atoms with Crippen LogP contribution < -0.4 is 21.1 Å². The van der Waals surface area contributed by atoms with E-state index in [-0.39, 0.29) is 6.03 Å². The molecule has 0 saturated carbocycles. The summed E-state index contributed by atoms with van der Waals surface area (Å²) in [6, 6.07) is 13.8. The first-order chi connectivity index (χ1) is 15.1. The first kappa shape index (κ1) is 22.5. The lowest BCUT2D eigenvalue weighted by atomic mass is 10.1. The number of nitrogens with zero attached hydrogens (tertiary/aromatic N) is 1. The van der Waals surface area contributed by atoms with Crippen LogP contribution in [0.3, 0.4) is 0 Å². The topological polar surface area (TPSA) is 81.3 Å². The molecule has 0 radical (unpaired) electrons. The number of carbonyl (C=O) groups excluding carboxylic acids is 1. The molecule has 0 fully saturated rings. The number of rotatable bonds is 10. The van der Waals surface area contributed by atoms with Crippen LogP contribution in [0.15, 0.2) is 42.5 Å². The lowest BCUT2D eigenvalue weighted by Crippen LogP contribution is -2.29. The number of urea groups is 1. The van der Waals surface area contributed by atoms with Gasteiger partial charge in [-0.3, -0.25) is 0 Å². The molecule has 0 aliphatic carbocycles. The molecule has 1 aromatic heterocycles. The smallest absolute Gasteiger partial charge is 0.319 e. The molecule has 4 N–H and O–H groups in total. The molecule has 0 spiro atoms. The molecule has 1 heterocycles. The highest BCUT2D eigenvalue weighted by Crippen LogP contribution is 2.38. The number of nitrogens with two attached hydrogens (primary N) is 1. The maximum Gasteiger partial charge on any atom is 0.319 e. The fourth-order valence-electron chi connectivity index (χ4n) is 3.74. The van der Waals surface area contributed by atoms with Crippen LogP contribution in [0, 0.1) is 0 Å². The molecule has 6 heteroatoms. The first-order valence-corrected chi connectivity index (χ1v) is 11.3. The summed E-state index contributed by atoms with van der Waals surface area (Å²) in [7, 11) is 0. The predicted molar refractivity (Wildman–Crippen MR) is 130 cm³/mol. The molecule has 0 saturated heterocycles. The quantitative estimate of drug-likeness (QED) is 0.350. The number of hydrogen-bond acceptors (Lipinski definition) is 3. The van der Waals surface area contributed by atoms with Crippen molar-refractivity contribution in [1.29, 1.82) is 0 Å². The fraction of sp³-hybridized carbons (Fsp3) is 0.400. The Balaban J connectivity index is 1.91. The molecule has 3 rings (SSSR count). The summed E-state index contributed by atoms with van der Waals surface area (Å²) >= 11 is 0. The number of nitrogen functional groups attached to an aromatic ring is 1. The van der Waals surface area contributed by atoms with Crippen LogP contribution in [0.4, 0.5) is 16.2 Å². The number of amides is 2. The lowest BCUT2D eigenvalue weighted by Gasteiger charge is -2.13. The monoisotopic (exact) mass is 422 g/mol. The van der Waals surface area contributed by atoms with Crippen molar-refractivity contribution in [2.75, 3.05) is 24.2 Å². The summed E-state index contributed by atoms with van der Waals surface area (Å²) < 4.78 is 8.00. The molecule has 2 aromatic carbocycles. The van der Waals surface area contributed by atoms with Crippen molar-refractivity contribution in [3.63, 3.8) is 0 Å². The predicted octanol–water partition coefficient (Wildman–Crippen LogP) is 6.01. The number of anilines is 2. The average Bonchev–Trinajstić information content (AvgIpc) is 3.04. The largest absolute Gasteiger partial charge is 0.494 e. The fourth-order valence-corrected chi connectivity index (χ4v) is 3.74. The summed E-state index contributed by atoms with van der Waals surface area (Å²) in [5.41, 5.74) is 11.3. The number of aromatic nitrogens is 1. The lowest BCUT2D eigenvalue weighted by molar-refractivity contribution is 0.252. The summed E-state index contributed by atoms with van der Waals surface area (Å²) in [4.78, 5) is 12.0. The van der Waals surface area contributed by atoms with E-state index in [1.807, 2.05) is 43.3 Å². The first-order valence-electron chi connectivity index (χ1n) is 11.3. The van der Waals surface area contributed by atoms with Gasteiger partial charge in [0.25, 0.3) is 0 Å². The van der Waals surface area contributed by atoms with E-state index in [0.29, 0.717) is 13.2 Å². The third-order valence-electron chi connectivity index (χ3n) is 5.35. The second-order valence-corrected chi connectivity index (χ2v) is 7.69. The zero-order valence-electron chi connectivity index (χ0n) is 18.8. The maximum atomic E-state index is 12.0. The van der Waals surface area contributed by atoms with E-state index in [1.54, 1.807) is 0 Å². The van der Waals surface area contributed by atoms with Crippen LogP contribution in [-0.2, 0) is 6.54 Å². The molecular formula is C25H34N4O2. The number of unbranched alkanes of at least 4 members (excludes halogenated alkanes) is 2. The molecule has 2 amide bonds. The SMILES string of the molecule is CCCCNC(=O)Nc1ccc(-c2c(N)c3ccc(OCC)cc3n2CCCC)cc1. The number of aryl methyl sites for hydroxylation is 1. The van der Waals surface area contributed by atoms with Crippen molar-refractivity contribution in [2.45, 2.75) is 53.0 Å². The third kappa shape index (κ3) is 5.32. The number of benzene rings is 2. The standard InChI is InChI=1S/C25H34N4O2/c1-4-7-15-27-25(30)28-19-11-9-18(10-12-19)24-23(26)21-14-13-20(31-6-3)17-22(21)29(24)16-8-5-2/h9-14,17H,4-8,15-16,26H2,1-3H3,(H2,27,28,30). The van der Waals surface area contributed by atoms with Crippen molar-refractivity contribution >= 4 is 28.3 Å². The molecule has 166 valence electrons. The number of fused-ring (bicyclic) bond motifs is 1. The minimum atomic E-state index is -0.179. The van der Waals surface area contributed by atoms with Crippen LogP contribution in [0.1, 0.15) is 46.5 Å². The van der Waals surface area contributed by atoms with Crippen LogP contribution in [0.2, 0.25) is 0 Å². The Morgan fingerprint density at radius 1 is 1.03 bits per heavy atom. The number of carbonyl (C=O) groups is 1. The van der Waals surface area contributed by atoms with Crippen molar-refractivity contribution in [3.05, 3.63) is 42.5 Å². The average molecular weight is 423 g/mol. The number of ether oxygens (including phenoxy) is 1. The van der Waals surface area contributed by atoms with Gasteiger partial charge in [-0.15, -0.1) is 0 Å². The van der Waals surface area contributed by atoms with Crippen molar-refractivity contribution in [2.24, 2.45) is 0 Å². The molecule has 3 aromatic rings. The molecule has 6 nitrogen and oxygen atoms in total. The third-order valence-corrected chi connectivity index (χ3v) is 5.35. The van der Waals surface area contributed by atoms with Gasteiger partial charge in [-0.05, 0) is 44.0 Å². The zero-order valence-corrected chi connectivity index (χ0v) is 18.8. The van der Waals surface area contributed by atoms with Gasteiger partial charge in [0.1, 0.15) is 5.75 Å². The van der Waals surface area contributed by atoms with Gasteiger partial charge in [-0.2, -0.15) is 0 Å². The van der Waals surface area contributed by atoms with E-state index < -0.39 is 0 Å². The van der Waals surface area contributed by atoms with Gasteiger partial charge in [-0.25, -0.2) is 4.79 Å². The van der Waals surface area contributed by atoms with Gasteiger partial charge < -0.3 is 25.7 Å². The van der Waals surface area contributed by atoms with Crippen LogP contribution in [0.5, 0.6) is 5.75 Å². The van der Waals surface area contributed by atoms with E-state index in [2.05, 4.69) is 35.1 Å². The second-order valence-electron chi connectivity index (χ2n) is 7.69. The summed E-state index contributed by atoms with van der Waals surface area (Å²) in [6.07, 6.45) is 4.18. The van der Waals surface area contributed by atoms with Crippen molar-refractivity contribution < 1.29 is 9.53 Å². The Morgan fingerprint density at radius 3 is 2.45 bits per heavy atom. The van der Waals surface area contributed by atoms with E-state index in [0.717, 1.165) is 71.5 Å². The van der Waals surface area contributed by atoms with Gasteiger partial charge in [0.2, 0.25) is 0 Å². The summed E-state index contributed by atoms with van der Waals surface area (Å²) in [5.74, 6) is 0.852. The molecule has 31 heavy (non-hydrogen) atoms. The van der Waals surface area contributed by atoms with E-state index in [1.165, 1.54) is 0 Å². The maximum absolute atomic E-state index is 12.0. The van der Waals surface area contributed by atoms with Gasteiger partial charge >= 0.3 is 6.03 Å². The van der Waals surface area contributed by atoms with Gasteiger partial charge in [0.15, 0.2) is 0 Å². The summed E-state index contributed by atoms with van der Waals surface area (Å²) in [6.45, 7) is 8.46. The number of nitrogens with one attached hydrogen (secondary N) is 2. The Bertz CT molecular complexity index is 1010. The molecule has 0 bridgehead atoms. The Morgan fingerprint density at radius 2 is 1.77 bits per heavy atom. The Labute approximate surface area is 184 Å². The molecule has 0 unspecified atom stereocenters. The summed E-state index contributed by atoms with van der Waals surface area (Å²) in [5, 5.41) is 6.79. The van der Waals surface area contributed by atoms with Gasteiger partial charge in [-0.1, -0.05) is 38.8 Å². The molecule has 0 aliphatic rings. The van der Waals surface area contributed by atoms with Crippen LogP contribution >= 0.6 is 0 Å². The van der Waals surface area contributed by atoms with Gasteiger partial charge in [0.05, 0.1) is 23.5 Å². The second kappa shape index (κ2) is 10.8. The Hall–Kier alpha value is -3.15. The minimum Gasteiger partial charge on any atom is -0.494 e. The van der Waals surface area contributed by atoms with Gasteiger partial charge in [0, 0.05) is 35.8 Å².